The van der Waals surface area contributed by atoms with Crippen LogP contribution in [0.25, 0.3) is 27.1 Å². The van der Waals surface area contributed by atoms with Gasteiger partial charge < -0.3 is 0 Å². The van der Waals surface area contributed by atoms with Crippen molar-refractivity contribution in [3.8, 4) is 5.82 Å². The standard InChI is InChI=1S/C12H6ClN5S/c13-12-14-10(7-5-6-19-11(7)15-12)18-9-4-2-1-3-8(9)16-17-18/h1-6H. The maximum atomic E-state index is 5.97. The van der Waals surface area contributed by atoms with E-state index in [0.29, 0.717) is 5.82 Å². The number of nitrogens with zero attached hydrogens (tertiary/aromatic N) is 5. The van der Waals surface area contributed by atoms with Crippen molar-refractivity contribution >= 4 is 44.2 Å². The smallest absolute Gasteiger partial charge is 0.207 e. The third kappa shape index (κ3) is 1.61. The lowest BCUT2D eigenvalue weighted by molar-refractivity contribution is 0.805. The summed E-state index contributed by atoms with van der Waals surface area (Å²) in [6, 6.07) is 9.68. The van der Waals surface area contributed by atoms with E-state index in [2.05, 4.69) is 20.3 Å². The van der Waals surface area contributed by atoms with Crippen LogP contribution < -0.4 is 0 Å². The van der Waals surface area contributed by atoms with E-state index in [-0.39, 0.29) is 5.28 Å². The normalized spacial score (nSPS) is 11.4. The Morgan fingerprint density at radius 2 is 2.00 bits per heavy atom. The molecular formula is C12H6ClN5S. The number of aromatic nitrogens is 5. The van der Waals surface area contributed by atoms with Crippen molar-refractivity contribution < 1.29 is 0 Å². The molecule has 0 atom stereocenters. The minimum absolute atomic E-state index is 0.213. The van der Waals surface area contributed by atoms with E-state index in [1.165, 1.54) is 11.3 Å². The summed E-state index contributed by atoms with van der Waals surface area (Å²) in [7, 11) is 0. The quantitative estimate of drug-likeness (QED) is 0.505. The van der Waals surface area contributed by atoms with Crippen molar-refractivity contribution in [2.75, 3.05) is 0 Å². The van der Waals surface area contributed by atoms with Gasteiger partial charge in [-0.15, -0.1) is 16.4 Å². The Bertz CT molecular complexity index is 897. The number of para-hydroxylation sites is 1. The molecule has 0 saturated carbocycles. The molecule has 1 aromatic carbocycles. The Morgan fingerprint density at radius 3 is 2.95 bits per heavy atom. The van der Waals surface area contributed by atoms with E-state index in [1.54, 1.807) is 4.68 Å². The summed E-state index contributed by atoms with van der Waals surface area (Å²) in [6.07, 6.45) is 0. The van der Waals surface area contributed by atoms with Gasteiger partial charge in [-0.05, 0) is 35.2 Å². The predicted octanol–water partition coefficient (Wildman–Crippen LogP) is 3.08. The summed E-state index contributed by atoms with van der Waals surface area (Å²) in [5.74, 6) is 0.657. The van der Waals surface area contributed by atoms with Gasteiger partial charge in [0.1, 0.15) is 10.3 Å². The Labute approximate surface area is 116 Å². The van der Waals surface area contributed by atoms with Crippen LogP contribution in [0, 0.1) is 0 Å². The molecule has 0 spiro atoms. The zero-order valence-corrected chi connectivity index (χ0v) is 11.1. The van der Waals surface area contributed by atoms with Gasteiger partial charge in [-0.1, -0.05) is 17.3 Å². The first-order valence-electron chi connectivity index (χ1n) is 5.54. The van der Waals surface area contributed by atoms with Crippen LogP contribution in [-0.2, 0) is 0 Å². The van der Waals surface area contributed by atoms with Crippen LogP contribution >= 0.6 is 22.9 Å². The SMILES string of the molecule is Clc1nc(-n2nnc3ccccc32)c2ccsc2n1. The predicted molar refractivity (Wildman–Crippen MR) is 74.8 cm³/mol. The zero-order valence-electron chi connectivity index (χ0n) is 9.49. The molecule has 0 amide bonds. The van der Waals surface area contributed by atoms with Crippen molar-refractivity contribution in [1.82, 2.24) is 25.0 Å². The number of fused-ring (bicyclic) bond motifs is 2. The first-order valence-corrected chi connectivity index (χ1v) is 6.80. The van der Waals surface area contributed by atoms with Crippen LogP contribution in [0.2, 0.25) is 5.28 Å². The highest BCUT2D eigenvalue weighted by molar-refractivity contribution is 7.16. The van der Waals surface area contributed by atoms with E-state index in [1.807, 2.05) is 35.7 Å². The summed E-state index contributed by atoms with van der Waals surface area (Å²) in [6.45, 7) is 0. The molecule has 19 heavy (non-hydrogen) atoms. The molecule has 7 heteroatoms. The van der Waals surface area contributed by atoms with Gasteiger partial charge in [0.05, 0.1) is 10.9 Å². The summed E-state index contributed by atoms with van der Waals surface area (Å²) in [5, 5.41) is 11.4. The van der Waals surface area contributed by atoms with Crippen molar-refractivity contribution in [2.45, 2.75) is 0 Å². The molecule has 0 aliphatic rings. The van der Waals surface area contributed by atoms with Gasteiger partial charge in [0.25, 0.3) is 0 Å². The van der Waals surface area contributed by atoms with Gasteiger partial charge in [-0.3, -0.25) is 0 Å². The van der Waals surface area contributed by atoms with Crippen LogP contribution in [0.1, 0.15) is 0 Å². The molecule has 0 saturated heterocycles. The molecule has 0 unspecified atom stereocenters. The van der Waals surface area contributed by atoms with Gasteiger partial charge in [-0.25, -0.2) is 4.98 Å². The Balaban J connectivity index is 2.11. The second kappa shape index (κ2) is 3.97. The van der Waals surface area contributed by atoms with Crippen LogP contribution in [0.3, 0.4) is 0 Å². The summed E-state index contributed by atoms with van der Waals surface area (Å²) in [5.41, 5.74) is 1.71. The highest BCUT2D eigenvalue weighted by atomic mass is 35.5. The third-order valence-corrected chi connectivity index (χ3v) is 3.81. The number of hydrogen-bond donors (Lipinski definition) is 0. The lowest BCUT2D eigenvalue weighted by Gasteiger charge is -2.03. The van der Waals surface area contributed by atoms with Crippen LogP contribution in [0.4, 0.5) is 0 Å². The fourth-order valence-corrected chi connectivity index (χ4v) is 2.97. The zero-order chi connectivity index (χ0) is 12.8. The molecular weight excluding hydrogens is 282 g/mol. The fraction of sp³-hybridized carbons (Fsp3) is 0. The fourth-order valence-electron chi connectivity index (χ4n) is 2.00. The Kier molecular flexibility index (Phi) is 2.27. The Morgan fingerprint density at radius 1 is 1.11 bits per heavy atom. The number of rotatable bonds is 1. The molecule has 0 radical (unpaired) electrons. The molecule has 4 aromatic rings. The molecule has 0 aliphatic carbocycles. The largest absolute Gasteiger partial charge is 0.225 e. The monoisotopic (exact) mass is 287 g/mol. The molecule has 0 aliphatic heterocycles. The second-order valence-electron chi connectivity index (χ2n) is 3.95. The van der Waals surface area contributed by atoms with Gasteiger partial charge in [-0.2, -0.15) is 9.67 Å². The van der Waals surface area contributed by atoms with E-state index < -0.39 is 0 Å². The average Bonchev–Trinajstić information content (AvgIpc) is 3.03. The van der Waals surface area contributed by atoms with Crippen LogP contribution in [0.5, 0.6) is 0 Å². The van der Waals surface area contributed by atoms with Gasteiger partial charge >= 0.3 is 0 Å². The molecule has 92 valence electrons. The Hall–Kier alpha value is -2.05. The first-order chi connectivity index (χ1) is 9.33. The lowest BCUT2D eigenvalue weighted by Crippen LogP contribution is -2.01. The van der Waals surface area contributed by atoms with Crippen LogP contribution in [-0.4, -0.2) is 25.0 Å². The third-order valence-electron chi connectivity index (χ3n) is 2.83. The highest BCUT2D eigenvalue weighted by Crippen LogP contribution is 2.26. The van der Waals surface area contributed by atoms with Gasteiger partial charge in [0, 0.05) is 0 Å². The molecule has 3 aromatic heterocycles. The van der Waals surface area contributed by atoms with Gasteiger partial charge in [0.2, 0.25) is 5.28 Å². The summed E-state index contributed by atoms with van der Waals surface area (Å²) in [4.78, 5) is 9.33. The summed E-state index contributed by atoms with van der Waals surface area (Å²) >= 11 is 7.49. The lowest BCUT2D eigenvalue weighted by atomic mass is 10.3. The number of benzene rings is 1. The minimum atomic E-state index is 0.213. The van der Waals surface area contributed by atoms with Crippen molar-refractivity contribution in [3.63, 3.8) is 0 Å². The molecule has 5 nitrogen and oxygen atoms in total. The number of halogens is 1. The first kappa shape index (κ1) is 10.8. The average molecular weight is 288 g/mol. The van der Waals surface area contributed by atoms with E-state index in [0.717, 1.165) is 21.3 Å². The van der Waals surface area contributed by atoms with E-state index in [9.17, 15) is 0 Å². The maximum Gasteiger partial charge on any atom is 0.225 e. The summed E-state index contributed by atoms with van der Waals surface area (Å²) < 4.78 is 1.69. The number of hydrogen-bond acceptors (Lipinski definition) is 5. The second-order valence-corrected chi connectivity index (χ2v) is 5.18. The molecule has 0 fully saturated rings. The van der Waals surface area contributed by atoms with Crippen molar-refractivity contribution in [2.24, 2.45) is 0 Å². The van der Waals surface area contributed by atoms with Crippen molar-refractivity contribution in [1.29, 1.82) is 0 Å². The topological polar surface area (TPSA) is 56.5 Å². The van der Waals surface area contributed by atoms with Crippen molar-refractivity contribution in [3.05, 3.63) is 41.0 Å². The molecule has 0 bridgehead atoms. The van der Waals surface area contributed by atoms with Gasteiger partial charge in [0.15, 0.2) is 5.82 Å². The van der Waals surface area contributed by atoms with E-state index >= 15 is 0 Å². The molecule has 4 rings (SSSR count). The maximum absolute atomic E-state index is 5.97. The molecule has 3 heterocycles. The molecule has 0 N–H and O–H groups in total. The highest BCUT2D eigenvalue weighted by Gasteiger charge is 2.13. The number of thiophene rings is 1. The minimum Gasteiger partial charge on any atom is -0.207 e. The van der Waals surface area contributed by atoms with E-state index in [4.69, 9.17) is 11.6 Å². The van der Waals surface area contributed by atoms with Crippen LogP contribution in [0.15, 0.2) is 35.7 Å².